The predicted molar refractivity (Wildman–Crippen MR) is 78.8 cm³/mol. The summed E-state index contributed by atoms with van der Waals surface area (Å²) in [6.45, 7) is 0.901. The molecular weight excluding hydrogens is 282 g/mol. The van der Waals surface area contributed by atoms with E-state index in [2.05, 4.69) is 10.6 Å². The third-order valence-corrected chi connectivity index (χ3v) is 6.01. The summed E-state index contributed by atoms with van der Waals surface area (Å²) in [5.74, 6) is 1.37. The van der Waals surface area contributed by atoms with Gasteiger partial charge in [0.15, 0.2) is 0 Å². The number of urea groups is 1. The zero-order valence-corrected chi connectivity index (χ0v) is 12.8. The lowest BCUT2D eigenvalue weighted by Crippen LogP contribution is -2.49. The molecule has 4 rings (SSSR count). The molecule has 4 aliphatic rings. The summed E-state index contributed by atoms with van der Waals surface area (Å²) in [5, 5.41) is 4.99. The van der Waals surface area contributed by atoms with Crippen LogP contribution in [0.25, 0.3) is 0 Å². The molecular formula is C16H23N3O3. The van der Waals surface area contributed by atoms with Crippen LogP contribution in [0.2, 0.25) is 0 Å². The number of nitrogens with zero attached hydrogens (tertiary/aromatic N) is 1. The van der Waals surface area contributed by atoms with Crippen molar-refractivity contribution in [1.29, 1.82) is 0 Å². The van der Waals surface area contributed by atoms with E-state index in [1.165, 1.54) is 32.1 Å². The smallest absolute Gasteiger partial charge is 0.322 e. The van der Waals surface area contributed by atoms with Gasteiger partial charge in [-0.05, 0) is 24.7 Å². The van der Waals surface area contributed by atoms with Crippen LogP contribution in [-0.4, -0.2) is 41.4 Å². The molecule has 6 heteroatoms. The lowest BCUT2D eigenvalue weighted by atomic mass is 9.85. The molecule has 0 aromatic heterocycles. The van der Waals surface area contributed by atoms with Crippen LogP contribution in [0, 0.1) is 17.8 Å². The van der Waals surface area contributed by atoms with Gasteiger partial charge in [-0.25, -0.2) is 4.79 Å². The van der Waals surface area contributed by atoms with Gasteiger partial charge in [0.05, 0.1) is 6.54 Å². The van der Waals surface area contributed by atoms with Crippen LogP contribution >= 0.6 is 0 Å². The molecule has 2 N–H and O–H groups in total. The molecule has 2 saturated carbocycles. The highest BCUT2D eigenvalue weighted by atomic mass is 16.2. The van der Waals surface area contributed by atoms with Crippen LogP contribution in [0.5, 0.6) is 0 Å². The predicted octanol–water partition coefficient (Wildman–Crippen LogP) is 1.01. The van der Waals surface area contributed by atoms with E-state index in [0.29, 0.717) is 25.4 Å². The van der Waals surface area contributed by atoms with E-state index in [1.807, 2.05) is 0 Å². The summed E-state index contributed by atoms with van der Waals surface area (Å²) in [4.78, 5) is 37.8. The minimum atomic E-state index is -0.873. The Balaban J connectivity index is 1.37. The second kappa shape index (κ2) is 4.96. The van der Waals surface area contributed by atoms with Crippen molar-refractivity contribution in [3.63, 3.8) is 0 Å². The molecule has 2 heterocycles. The Hall–Kier alpha value is -1.59. The summed E-state index contributed by atoms with van der Waals surface area (Å²) in [6.07, 6.45) is 8.05. The molecule has 0 aromatic carbocycles. The van der Waals surface area contributed by atoms with Gasteiger partial charge in [-0.3, -0.25) is 14.9 Å². The van der Waals surface area contributed by atoms with Crippen LogP contribution in [-0.2, 0) is 9.59 Å². The van der Waals surface area contributed by atoms with Crippen molar-refractivity contribution >= 4 is 17.8 Å². The number of carbonyl (C=O) groups is 3. The van der Waals surface area contributed by atoms with E-state index in [0.717, 1.165) is 12.3 Å². The number of carbonyl (C=O) groups excluding carboxylic acids is 3. The SMILES string of the molecule is O=C1NC(=O)[C@]2(CCN(C(=O)[C@H]3C[C@@H]3C3CCCCC3)C2)N1. The fourth-order valence-corrected chi connectivity index (χ4v) is 4.63. The molecule has 6 nitrogen and oxygen atoms in total. The van der Waals surface area contributed by atoms with E-state index >= 15 is 0 Å². The summed E-state index contributed by atoms with van der Waals surface area (Å²) in [7, 11) is 0. The minimum Gasteiger partial charge on any atom is -0.339 e. The van der Waals surface area contributed by atoms with E-state index in [1.54, 1.807) is 4.90 Å². The normalized spacial score (nSPS) is 38.3. The highest BCUT2D eigenvalue weighted by Gasteiger charge is 2.55. The van der Waals surface area contributed by atoms with Gasteiger partial charge < -0.3 is 10.2 Å². The number of hydrogen-bond donors (Lipinski definition) is 2. The van der Waals surface area contributed by atoms with Crippen molar-refractivity contribution in [2.75, 3.05) is 13.1 Å². The monoisotopic (exact) mass is 305 g/mol. The number of imide groups is 1. The van der Waals surface area contributed by atoms with E-state index in [9.17, 15) is 14.4 Å². The third kappa shape index (κ3) is 2.20. The highest BCUT2D eigenvalue weighted by molar-refractivity contribution is 6.07. The van der Waals surface area contributed by atoms with Crippen LogP contribution in [0.1, 0.15) is 44.9 Å². The summed E-state index contributed by atoms with van der Waals surface area (Å²) in [6, 6.07) is -0.439. The zero-order valence-electron chi connectivity index (χ0n) is 12.8. The molecule has 3 atom stereocenters. The average molecular weight is 305 g/mol. The van der Waals surface area contributed by atoms with Crippen molar-refractivity contribution in [2.45, 2.75) is 50.5 Å². The number of hydrogen-bond acceptors (Lipinski definition) is 3. The standard InChI is InChI=1S/C16H23N3O3/c20-13(12-8-11(12)10-4-2-1-3-5-10)19-7-6-16(9-19)14(21)17-15(22)18-16/h10-12H,1-9H2,(H2,17,18,21,22)/t11-,12+,16-/m1/s1. The van der Waals surface area contributed by atoms with Gasteiger partial charge in [-0.15, -0.1) is 0 Å². The number of rotatable bonds is 2. The quantitative estimate of drug-likeness (QED) is 0.748. The summed E-state index contributed by atoms with van der Waals surface area (Å²) in [5.41, 5.74) is -0.873. The first-order chi connectivity index (χ1) is 10.6. The Morgan fingerprint density at radius 1 is 1.18 bits per heavy atom. The highest BCUT2D eigenvalue weighted by Crippen LogP contribution is 2.50. The zero-order chi connectivity index (χ0) is 15.3. The summed E-state index contributed by atoms with van der Waals surface area (Å²) < 4.78 is 0. The maximum absolute atomic E-state index is 12.7. The fourth-order valence-electron chi connectivity index (χ4n) is 4.63. The van der Waals surface area contributed by atoms with Gasteiger partial charge in [0, 0.05) is 12.5 Å². The first kappa shape index (κ1) is 14.0. The first-order valence-electron chi connectivity index (χ1n) is 8.51. The third-order valence-electron chi connectivity index (χ3n) is 6.01. The van der Waals surface area contributed by atoms with Crippen LogP contribution in [0.3, 0.4) is 0 Å². The van der Waals surface area contributed by atoms with E-state index < -0.39 is 11.6 Å². The second-order valence-electron chi connectivity index (χ2n) is 7.40. The van der Waals surface area contributed by atoms with Gasteiger partial charge >= 0.3 is 6.03 Å². The maximum Gasteiger partial charge on any atom is 0.322 e. The van der Waals surface area contributed by atoms with Crippen molar-refractivity contribution in [3.8, 4) is 0 Å². The topological polar surface area (TPSA) is 78.5 Å². The van der Waals surface area contributed by atoms with Crippen LogP contribution < -0.4 is 10.6 Å². The number of amides is 4. The van der Waals surface area contributed by atoms with Gasteiger partial charge in [-0.2, -0.15) is 0 Å². The molecule has 2 saturated heterocycles. The Kier molecular flexibility index (Phi) is 3.16. The van der Waals surface area contributed by atoms with Gasteiger partial charge in [0.2, 0.25) is 5.91 Å². The molecule has 2 aliphatic heterocycles. The Labute approximate surface area is 130 Å². The number of nitrogens with one attached hydrogen (secondary N) is 2. The van der Waals surface area contributed by atoms with Crippen molar-refractivity contribution < 1.29 is 14.4 Å². The van der Waals surface area contributed by atoms with Crippen molar-refractivity contribution in [3.05, 3.63) is 0 Å². The second-order valence-corrected chi connectivity index (χ2v) is 7.40. The van der Waals surface area contributed by atoms with Crippen LogP contribution in [0.4, 0.5) is 4.79 Å². The Morgan fingerprint density at radius 2 is 1.95 bits per heavy atom. The minimum absolute atomic E-state index is 0.165. The number of likely N-dealkylation sites (tertiary alicyclic amines) is 1. The largest absolute Gasteiger partial charge is 0.339 e. The van der Waals surface area contributed by atoms with Gasteiger partial charge in [-0.1, -0.05) is 32.1 Å². The van der Waals surface area contributed by atoms with Crippen molar-refractivity contribution in [2.24, 2.45) is 17.8 Å². The molecule has 120 valence electrons. The molecule has 0 radical (unpaired) electrons. The molecule has 1 spiro atoms. The molecule has 4 fully saturated rings. The Morgan fingerprint density at radius 3 is 2.64 bits per heavy atom. The summed E-state index contributed by atoms with van der Waals surface area (Å²) >= 11 is 0. The average Bonchev–Trinajstić information content (AvgIpc) is 3.13. The lowest BCUT2D eigenvalue weighted by Gasteiger charge is -2.23. The fraction of sp³-hybridized carbons (Fsp3) is 0.812. The molecule has 0 bridgehead atoms. The molecule has 0 aromatic rings. The maximum atomic E-state index is 12.7. The van der Waals surface area contributed by atoms with E-state index in [-0.39, 0.29) is 17.7 Å². The molecule has 4 amide bonds. The van der Waals surface area contributed by atoms with Gasteiger partial charge in [0.25, 0.3) is 5.91 Å². The van der Waals surface area contributed by atoms with E-state index in [4.69, 9.17) is 0 Å². The molecule has 0 unspecified atom stereocenters. The van der Waals surface area contributed by atoms with Crippen molar-refractivity contribution in [1.82, 2.24) is 15.5 Å². The molecule has 22 heavy (non-hydrogen) atoms. The first-order valence-corrected chi connectivity index (χ1v) is 8.51. The molecule has 2 aliphatic carbocycles. The Bertz CT molecular complexity index is 529. The van der Waals surface area contributed by atoms with Crippen LogP contribution in [0.15, 0.2) is 0 Å². The van der Waals surface area contributed by atoms with Gasteiger partial charge in [0.1, 0.15) is 5.54 Å². The lowest BCUT2D eigenvalue weighted by molar-refractivity contribution is -0.132.